The predicted molar refractivity (Wildman–Crippen MR) is 110 cm³/mol. The van der Waals surface area contributed by atoms with Gasteiger partial charge in [0.2, 0.25) is 5.91 Å². The van der Waals surface area contributed by atoms with E-state index in [1.54, 1.807) is 6.92 Å². The molecule has 1 aliphatic rings. The fourth-order valence-corrected chi connectivity index (χ4v) is 3.70. The molecule has 5 nitrogen and oxygen atoms in total. The summed E-state index contributed by atoms with van der Waals surface area (Å²) in [6, 6.07) is 10.4. The lowest BCUT2D eigenvalue weighted by molar-refractivity contribution is -0.130. The summed E-state index contributed by atoms with van der Waals surface area (Å²) in [5.74, 6) is 1.81. The fourth-order valence-electron chi connectivity index (χ4n) is 3.56. The number of alkyl halides is 1. The van der Waals surface area contributed by atoms with Crippen LogP contribution in [-0.4, -0.2) is 52.3 Å². The summed E-state index contributed by atoms with van der Waals surface area (Å²) >= 11 is 5.97. The van der Waals surface area contributed by atoms with E-state index in [0.717, 1.165) is 43.3 Å². The molecule has 1 aromatic carbocycles. The molecule has 1 fully saturated rings. The van der Waals surface area contributed by atoms with Crippen molar-refractivity contribution in [3.8, 4) is 0 Å². The number of carbonyl (C=O) groups excluding carboxylic acids is 1. The van der Waals surface area contributed by atoms with Crippen molar-refractivity contribution < 1.29 is 4.79 Å². The second-order valence-corrected chi connectivity index (χ2v) is 7.62. The summed E-state index contributed by atoms with van der Waals surface area (Å²) in [5.41, 5.74) is 3.56. The van der Waals surface area contributed by atoms with E-state index in [4.69, 9.17) is 16.6 Å². The molecule has 3 rings (SSSR count). The average Bonchev–Trinajstić information content (AvgIpc) is 2.69. The van der Waals surface area contributed by atoms with Crippen LogP contribution in [0.25, 0.3) is 0 Å². The molecule has 144 valence electrons. The van der Waals surface area contributed by atoms with Crippen LogP contribution >= 0.6 is 11.6 Å². The Hall–Kier alpha value is -2.14. The van der Waals surface area contributed by atoms with Crippen LogP contribution in [0.2, 0.25) is 0 Å². The molecule has 0 saturated carbocycles. The first-order valence-electron chi connectivity index (χ1n) is 9.57. The van der Waals surface area contributed by atoms with E-state index in [2.05, 4.69) is 41.1 Å². The molecule has 1 aliphatic heterocycles. The Kier molecular flexibility index (Phi) is 6.32. The molecule has 6 heteroatoms. The molecule has 1 saturated heterocycles. The van der Waals surface area contributed by atoms with E-state index in [-0.39, 0.29) is 5.91 Å². The zero-order valence-electron chi connectivity index (χ0n) is 16.3. The van der Waals surface area contributed by atoms with E-state index in [9.17, 15) is 4.79 Å². The minimum absolute atomic E-state index is 0.00828. The first kappa shape index (κ1) is 19.6. The van der Waals surface area contributed by atoms with Gasteiger partial charge in [-0.15, -0.1) is 11.6 Å². The maximum Gasteiger partial charge on any atom is 0.240 e. The van der Waals surface area contributed by atoms with E-state index >= 15 is 0 Å². The highest BCUT2D eigenvalue weighted by molar-refractivity contribution is 6.30. The lowest BCUT2D eigenvalue weighted by Crippen LogP contribution is -2.51. The van der Waals surface area contributed by atoms with Crippen LogP contribution in [0.4, 0.5) is 5.82 Å². The Labute approximate surface area is 166 Å². The molecule has 2 heterocycles. The van der Waals surface area contributed by atoms with Crippen molar-refractivity contribution in [2.24, 2.45) is 0 Å². The Morgan fingerprint density at radius 1 is 1.15 bits per heavy atom. The van der Waals surface area contributed by atoms with Crippen molar-refractivity contribution >= 4 is 23.3 Å². The molecule has 0 radical (unpaired) electrons. The molecule has 1 atom stereocenters. The van der Waals surface area contributed by atoms with Crippen LogP contribution < -0.4 is 4.90 Å². The first-order chi connectivity index (χ1) is 13.0. The average molecular weight is 387 g/mol. The summed E-state index contributed by atoms with van der Waals surface area (Å²) in [5, 5.41) is -0.474. The van der Waals surface area contributed by atoms with Gasteiger partial charge in [0.05, 0.1) is 0 Å². The van der Waals surface area contributed by atoms with Gasteiger partial charge in [0.15, 0.2) is 0 Å². The zero-order valence-corrected chi connectivity index (χ0v) is 17.0. The second-order valence-electron chi connectivity index (χ2n) is 6.96. The van der Waals surface area contributed by atoms with Crippen LogP contribution in [0.1, 0.15) is 36.5 Å². The highest BCUT2D eigenvalue weighted by atomic mass is 35.5. The van der Waals surface area contributed by atoms with Crippen LogP contribution in [0.5, 0.6) is 0 Å². The summed E-state index contributed by atoms with van der Waals surface area (Å²) in [7, 11) is 0. The van der Waals surface area contributed by atoms with E-state index in [0.29, 0.717) is 13.1 Å². The SMILES string of the molecule is CCc1nc(C)nc(N2CCN(C(=O)C(C)Cl)CC2)c1Cc1ccccc1. The monoisotopic (exact) mass is 386 g/mol. The summed E-state index contributed by atoms with van der Waals surface area (Å²) in [6.07, 6.45) is 1.69. The van der Waals surface area contributed by atoms with Gasteiger partial charge in [0, 0.05) is 43.9 Å². The van der Waals surface area contributed by atoms with Crippen LogP contribution in [0, 0.1) is 6.92 Å². The number of amides is 1. The van der Waals surface area contributed by atoms with Crippen molar-refractivity contribution in [2.75, 3.05) is 31.1 Å². The van der Waals surface area contributed by atoms with Gasteiger partial charge >= 0.3 is 0 Å². The molecule has 2 aromatic rings. The number of halogens is 1. The molecule has 27 heavy (non-hydrogen) atoms. The van der Waals surface area contributed by atoms with E-state index in [1.807, 2.05) is 17.9 Å². The minimum Gasteiger partial charge on any atom is -0.353 e. The largest absolute Gasteiger partial charge is 0.353 e. The second kappa shape index (κ2) is 8.70. The number of hydrogen-bond donors (Lipinski definition) is 0. The Morgan fingerprint density at radius 3 is 2.41 bits per heavy atom. The zero-order chi connectivity index (χ0) is 19.4. The van der Waals surface area contributed by atoms with Gasteiger partial charge < -0.3 is 9.80 Å². The van der Waals surface area contributed by atoms with Gasteiger partial charge in [-0.3, -0.25) is 4.79 Å². The maximum atomic E-state index is 12.2. The number of hydrogen-bond acceptors (Lipinski definition) is 4. The van der Waals surface area contributed by atoms with E-state index < -0.39 is 5.38 Å². The van der Waals surface area contributed by atoms with E-state index in [1.165, 1.54) is 11.1 Å². The van der Waals surface area contributed by atoms with Crippen molar-refractivity contribution in [3.63, 3.8) is 0 Å². The predicted octanol–water partition coefficient (Wildman–Crippen LogP) is 3.21. The summed E-state index contributed by atoms with van der Waals surface area (Å²) in [6.45, 7) is 8.68. The molecule has 1 amide bonds. The summed E-state index contributed by atoms with van der Waals surface area (Å²) < 4.78 is 0. The lowest BCUT2D eigenvalue weighted by Gasteiger charge is -2.37. The van der Waals surface area contributed by atoms with Gasteiger partial charge in [0.1, 0.15) is 17.0 Å². The van der Waals surface area contributed by atoms with Crippen molar-refractivity contribution in [3.05, 3.63) is 53.0 Å². The number of piperazine rings is 1. The van der Waals surface area contributed by atoms with Crippen molar-refractivity contribution in [1.29, 1.82) is 0 Å². The third kappa shape index (κ3) is 4.59. The highest BCUT2D eigenvalue weighted by Gasteiger charge is 2.26. The molecule has 0 bridgehead atoms. The number of carbonyl (C=O) groups is 1. The molecule has 0 spiro atoms. The molecule has 0 N–H and O–H groups in total. The van der Waals surface area contributed by atoms with Crippen LogP contribution in [-0.2, 0) is 17.6 Å². The van der Waals surface area contributed by atoms with Gasteiger partial charge in [-0.05, 0) is 25.8 Å². The van der Waals surface area contributed by atoms with Gasteiger partial charge in [0.25, 0.3) is 0 Å². The van der Waals surface area contributed by atoms with Crippen LogP contribution in [0.15, 0.2) is 30.3 Å². The number of rotatable bonds is 5. The number of aryl methyl sites for hydroxylation is 2. The van der Waals surface area contributed by atoms with Crippen molar-refractivity contribution in [1.82, 2.24) is 14.9 Å². The smallest absolute Gasteiger partial charge is 0.240 e. The molecular weight excluding hydrogens is 360 g/mol. The van der Waals surface area contributed by atoms with Gasteiger partial charge in [-0.25, -0.2) is 9.97 Å². The molecule has 0 aliphatic carbocycles. The van der Waals surface area contributed by atoms with Gasteiger partial charge in [-0.2, -0.15) is 0 Å². The fraction of sp³-hybridized carbons (Fsp3) is 0.476. The Balaban J connectivity index is 1.86. The normalized spacial score (nSPS) is 15.7. The summed E-state index contributed by atoms with van der Waals surface area (Å²) in [4.78, 5) is 25.8. The number of aromatic nitrogens is 2. The Morgan fingerprint density at radius 2 is 1.81 bits per heavy atom. The standard InChI is InChI=1S/C21H27ClN4O/c1-4-19-18(14-17-8-6-5-7-9-17)20(24-16(3)23-19)25-10-12-26(13-11-25)21(27)15(2)22/h5-9,15H,4,10-14H2,1-3H3. The third-order valence-corrected chi connectivity index (χ3v) is 5.16. The first-order valence-corrected chi connectivity index (χ1v) is 10.0. The maximum absolute atomic E-state index is 12.2. The lowest BCUT2D eigenvalue weighted by atomic mass is 10.0. The van der Waals surface area contributed by atoms with Crippen molar-refractivity contribution in [2.45, 2.75) is 39.0 Å². The minimum atomic E-state index is -0.474. The van der Waals surface area contributed by atoms with Gasteiger partial charge in [-0.1, -0.05) is 37.3 Å². The Bertz CT molecular complexity index is 786. The number of benzene rings is 1. The molecule has 1 aromatic heterocycles. The number of nitrogens with zero attached hydrogens (tertiary/aromatic N) is 4. The quantitative estimate of drug-likeness (QED) is 0.740. The van der Waals surface area contributed by atoms with Crippen LogP contribution in [0.3, 0.4) is 0 Å². The highest BCUT2D eigenvalue weighted by Crippen LogP contribution is 2.26. The third-order valence-electron chi connectivity index (χ3n) is 4.97. The number of anilines is 1. The topological polar surface area (TPSA) is 49.3 Å². The molecular formula is C21H27ClN4O. The molecule has 1 unspecified atom stereocenters.